The van der Waals surface area contributed by atoms with Crippen molar-refractivity contribution in [3.8, 4) is 22.6 Å². The van der Waals surface area contributed by atoms with E-state index in [1.807, 2.05) is 0 Å². The quantitative estimate of drug-likeness (QED) is 0.130. The third kappa shape index (κ3) is 6.90. The molecular weight excluding hydrogens is 884 g/mol. The van der Waals surface area contributed by atoms with Crippen molar-refractivity contribution >= 4 is 111 Å². The van der Waals surface area contributed by atoms with Crippen LogP contribution >= 0.6 is 0 Å². The van der Waals surface area contributed by atoms with Crippen molar-refractivity contribution in [3.63, 3.8) is 0 Å². The smallest absolute Gasteiger partial charge is 0.252 e. The monoisotopic (exact) mass is 936 g/mol. The van der Waals surface area contributed by atoms with Gasteiger partial charge in [-0.1, -0.05) is 187 Å². The van der Waals surface area contributed by atoms with Crippen molar-refractivity contribution in [2.75, 3.05) is 9.80 Å². The Morgan fingerprint density at radius 1 is 0.370 bits per heavy atom. The lowest BCUT2D eigenvalue weighted by atomic mass is 9.33. The minimum absolute atomic E-state index is 0.0150. The molecule has 14 rings (SSSR count). The summed E-state index contributed by atoms with van der Waals surface area (Å²) in [5.74, 6) is 0.684. The maximum Gasteiger partial charge on any atom is 0.252 e. The predicted octanol–water partition coefficient (Wildman–Crippen LogP) is 16.3. The molecule has 4 nitrogen and oxygen atoms in total. The minimum Gasteiger partial charge on any atom is -0.311 e. The molecule has 0 aliphatic carbocycles. The second kappa shape index (κ2) is 16.0. The number of hydrogen-bond donors (Lipinski definition) is 0. The molecule has 2 aliphatic heterocycles. The first-order valence-corrected chi connectivity index (χ1v) is 25.7. The van der Waals surface area contributed by atoms with Gasteiger partial charge in [0.25, 0.3) is 6.71 Å². The summed E-state index contributed by atoms with van der Waals surface area (Å²) < 4.78 is 0. The van der Waals surface area contributed by atoms with Crippen molar-refractivity contribution in [2.24, 2.45) is 0 Å². The van der Waals surface area contributed by atoms with E-state index in [9.17, 15) is 0 Å². The summed E-state index contributed by atoms with van der Waals surface area (Å²) in [5, 5.41) is 10.8. The highest BCUT2D eigenvalue weighted by Crippen LogP contribution is 2.50. The van der Waals surface area contributed by atoms with Gasteiger partial charge in [-0.15, -0.1) is 0 Å². The van der Waals surface area contributed by atoms with E-state index in [0.717, 1.165) is 50.5 Å². The molecule has 12 aromatic rings. The van der Waals surface area contributed by atoms with Crippen molar-refractivity contribution in [2.45, 2.75) is 52.4 Å². The molecule has 0 fully saturated rings. The van der Waals surface area contributed by atoms with Gasteiger partial charge in [0.1, 0.15) is 0 Å². The summed E-state index contributed by atoms with van der Waals surface area (Å²) in [6, 6.07) is 79.1. The van der Waals surface area contributed by atoms with E-state index in [1.165, 1.54) is 82.0 Å². The van der Waals surface area contributed by atoms with Crippen LogP contribution in [-0.2, 0) is 10.8 Å². The van der Waals surface area contributed by atoms with E-state index in [1.54, 1.807) is 0 Å². The summed E-state index contributed by atoms with van der Waals surface area (Å²) in [6.45, 7) is 13.6. The summed E-state index contributed by atoms with van der Waals surface area (Å²) in [4.78, 5) is 16.2. The summed E-state index contributed by atoms with van der Waals surface area (Å²) >= 11 is 0. The van der Waals surface area contributed by atoms with E-state index in [0.29, 0.717) is 5.82 Å². The highest BCUT2D eigenvalue weighted by atomic mass is 15.2. The Bertz CT molecular complexity index is 4010. The van der Waals surface area contributed by atoms with Gasteiger partial charge >= 0.3 is 0 Å². The maximum atomic E-state index is 5.58. The highest BCUT2D eigenvalue weighted by molar-refractivity contribution is 7.00. The summed E-state index contributed by atoms with van der Waals surface area (Å²) in [6.07, 6.45) is 0. The van der Waals surface area contributed by atoms with Crippen LogP contribution in [0.1, 0.15) is 52.7 Å². The van der Waals surface area contributed by atoms with E-state index in [2.05, 4.69) is 264 Å². The van der Waals surface area contributed by atoms with E-state index in [-0.39, 0.29) is 17.5 Å². The molecule has 2 aliphatic rings. The van der Waals surface area contributed by atoms with Crippen molar-refractivity contribution in [1.29, 1.82) is 0 Å². The average Bonchev–Trinajstić information content (AvgIpc) is 3.41. The van der Waals surface area contributed by atoms with Gasteiger partial charge in [0.15, 0.2) is 5.82 Å². The Kier molecular flexibility index (Phi) is 9.47. The number of rotatable bonds is 4. The fourth-order valence-electron chi connectivity index (χ4n) is 11.9. The SMILES string of the molecule is CC(C)(C)c1ccc(N2c3cc(-c4nc(-c5ccccc5)c5ccccc5n4)cc4c3B(c3ccc5cc6ccccc6cc5c32)c2ccc3cc5ccccc5cc3c2N4c2ccc(C(C)(C)C)cc2)cc1. The van der Waals surface area contributed by atoms with Crippen LogP contribution < -0.4 is 26.2 Å². The first kappa shape index (κ1) is 43.3. The van der Waals surface area contributed by atoms with Gasteiger partial charge in [-0.25, -0.2) is 9.97 Å². The molecule has 5 heteroatoms. The molecule has 73 heavy (non-hydrogen) atoms. The van der Waals surface area contributed by atoms with Crippen molar-refractivity contribution in [3.05, 3.63) is 223 Å². The van der Waals surface area contributed by atoms with Crippen LogP contribution in [0.25, 0.3) is 76.6 Å². The number of nitrogens with zero attached hydrogens (tertiary/aromatic N) is 4. The average molecular weight is 937 g/mol. The lowest BCUT2D eigenvalue weighted by Crippen LogP contribution is -2.61. The largest absolute Gasteiger partial charge is 0.311 e. The molecule has 11 aromatic carbocycles. The third-order valence-electron chi connectivity index (χ3n) is 15.6. The molecule has 1 aromatic heterocycles. The van der Waals surface area contributed by atoms with E-state index >= 15 is 0 Å². The molecule has 0 saturated heterocycles. The van der Waals surface area contributed by atoms with Gasteiger partial charge in [-0.05, 0) is 137 Å². The first-order valence-electron chi connectivity index (χ1n) is 25.7. The van der Waals surface area contributed by atoms with Crippen LogP contribution in [0.2, 0.25) is 0 Å². The molecule has 348 valence electrons. The third-order valence-corrected chi connectivity index (χ3v) is 15.6. The molecule has 0 saturated carbocycles. The number of anilines is 6. The molecule has 0 bridgehead atoms. The molecule has 0 spiro atoms. The lowest BCUT2D eigenvalue weighted by Gasteiger charge is -2.45. The molecule has 3 heterocycles. The van der Waals surface area contributed by atoms with Crippen LogP contribution in [0.4, 0.5) is 34.1 Å². The molecular formula is C68H53BN4. The predicted molar refractivity (Wildman–Crippen MR) is 312 cm³/mol. The first-order chi connectivity index (χ1) is 35.4. The number of aromatic nitrogens is 2. The summed E-state index contributed by atoms with van der Waals surface area (Å²) in [7, 11) is 0. The minimum atomic E-state index is -0.108. The topological polar surface area (TPSA) is 32.3 Å². The van der Waals surface area contributed by atoms with Gasteiger partial charge in [-0.3, -0.25) is 0 Å². The van der Waals surface area contributed by atoms with E-state index in [4.69, 9.17) is 9.97 Å². The maximum absolute atomic E-state index is 5.58. The molecule has 0 unspecified atom stereocenters. The standard InChI is InChI=1S/C68H53BN4/c1-67(2,3)50-26-30-52(31-27-50)72-60-40-49(66-70-59-23-15-14-22-54(59)63(71-66)42-16-8-7-9-17-42)41-61-62(60)69(57-34-24-47-36-43-18-10-12-20-45(43)38-55(47)64(57)72)58-35-25-48-37-44-19-11-13-21-46(44)39-56(48)65(58)73(61)53-32-28-51(29-33-53)68(4,5)6/h7-41H,1-6H3. The molecule has 0 atom stereocenters. The van der Waals surface area contributed by atoms with Gasteiger partial charge in [0.05, 0.1) is 11.2 Å². The van der Waals surface area contributed by atoms with Gasteiger partial charge in [0.2, 0.25) is 0 Å². The second-order valence-corrected chi connectivity index (χ2v) is 22.3. The zero-order valence-electron chi connectivity index (χ0n) is 42.1. The normalized spacial score (nSPS) is 13.3. The Morgan fingerprint density at radius 2 is 0.822 bits per heavy atom. The zero-order valence-corrected chi connectivity index (χ0v) is 42.1. The number of hydrogen-bond acceptors (Lipinski definition) is 4. The zero-order chi connectivity index (χ0) is 49.3. The number of fused-ring (bicyclic) bond motifs is 11. The Morgan fingerprint density at radius 3 is 1.32 bits per heavy atom. The van der Waals surface area contributed by atoms with Crippen LogP contribution in [0.15, 0.2) is 212 Å². The molecule has 0 radical (unpaired) electrons. The van der Waals surface area contributed by atoms with Gasteiger partial charge in [0, 0.05) is 61.4 Å². The Balaban J connectivity index is 1.15. The van der Waals surface area contributed by atoms with Crippen LogP contribution in [0, 0.1) is 0 Å². The lowest BCUT2D eigenvalue weighted by molar-refractivity contribution is 0.590. The second-order valence-electron chi connectivity index (χ2n) is 22.3. The molecule has 0 amide bonds. The summed E-state index contributed by atoms with van der Waals surface area (Å²) in [5.41, 5.74) is 17.1. The Hall–Kier alpha value is -8.54. The van der Waals surface area contributed by atoms with Gasteiger partial charge in [-0.2, -0.15) is 0 Å². The van der Waals surface area contributed by atoms with Crippen LogP contribution in [0.5, 0.6) is 0 Å². The fraction of sp³-hybridized carbons (Fsp3) is 0.118. The van der Waals surface area contributed by atoms with Gasteiger partial charge < -0.3 is 9.80 Å². The van der Waals surface area contributed by atoms with Crippen molar-refractivity contribution in [1.82, 2.24) is 9.97 Å². The fourth-order valence-corrected chi connectivity index (χ4v) is 11.9. The number of para-hydroxylation sites is 1. The van der Waals surface area contributed by atoms with E-state index < -0.39 is 0 Å². The highest BCUT2D eigenvalue weighted by Gasteiger charge is 2.45. The van der Waals surface area contributed by atoms with Crippen LogP contribution in [-0.4, -0.2) is 16.7 Å². The van der Waals surface area contributed by atoms with Crippen molar-refractivity contribution < 1.29 is 0 Å². The number of benzene rings is 11. The molecule has 0 N–H and O–H groups in total. The van der Waals surface area contributed by atoms with Crippen LogP contribution in [0.3, 0.4) is 0 Å². The Labute approximate surface area is 427 Å².